The summed E-state index contributed by atoms with van der Waals surface area (Å²) in [5.74, 6) is -1.54. The molecule has 0 spiro atoms. The second kappa shape index (κ2) is 7.69. The van der Waals surface area contributed by atoms with Gasteiger partial charge in [-0.05, 0) is 18.2 Å². The van der Waals surface area contributed by atoms with Crippen LogP contribution in [0, 0.1) is 10.1 Å². The standard InChI is InChI=1S/C15H9Cl3N2O5/c1-25-15(22)8-2-7(3-9(4-8)20(23)24)14(21)19-13-6-11(17)10(16)5-12(13)18/h2-6H,1H3,(H,19,21). The van der Waals surface area contributed by atoms with E-state index in [0.29, 0.717) is 0 Å². The lowest BCUT2D eigenvalue weighted by molar-refractivity contribution is -0.384. The fraction of sp³-hybridized carbons (Fsp3) is 0.0667. The van der Waals surface area contributed by atoms with E-state index in [1.54, 1.807) is 0 Å². The minimum atomic E-state index is -0.815. The van der Waals surface area contributed by atoms with Crippen molar-refractivity contribution in [3.8, 4) is 0 Å². The summed E-state index contributed by atoms with van der Waals surface area (Å²) in [5, 5.41) is 13.9. The highest BCUT2D eigenvalue weighted by molar-refractivity contribution is 6.44. The molecule has 0 aliphatic rings. The third kappa shape index (κ3) is 4.39. The zero-order chi connectivity index (χ0) is 18.7. The van der Waals surface area contributed by atoms with Gasteiger partial charge in [-0.1, -0.05) is 34.8 Å². The van der Waals surface area contributed by atoms with Gasteiger partial charge in [0.2, 0.25) is 0 Å². The van der Waals surface area contributed by atoms with Crippen molar-refractivity contribution in [2.24, 2.45) is 0 Å². The topological polar surface area (TPSA) is 98.5 Å². The highest BCUT2D eigenvalue weighted by atomic mass is 35.5. The first-order valence-corrected chi connectivity index (χ1v) is 7.70. The zero-order valence-electron chi connectivity index (χ0n) is 12.5. The molecular weight excluding hydrogens is 395 g/mol. The van der Waals surface area contributed by atoms with Gasteiger partial charge in [-0.15, -0.1) is 0 Å². The number of amides is 1. The Balaban J connectivity index is 2.42. The molecule has 2 aromatic carbocycles. The summed E-state index contributed by atoms with van der Waals surface area (Å²) in [6, 6.07) is 5.87. The van der Waals surface area contributed by atoms with Crippen LogP contribution in [-0.4, -0.2) is 23.9 Å². The molecule has 25 heavy (non-hydrogen) atoms. The van der Waals surface area contributed by atoms with Crippen molar-refractivity contribution in [1.29, 1.82) is 0 Å². The normalized spacial score (nSPS) is 10.2. The van der Waals surface area contributed by atoms with Gasteiger partial charge in [0.1, 0.15) is 0 Å². The van der Waals surface area contributed by atoms with Crippen LogP contribution >= 0.6 is 34.8 Å². The van der Waals surface area contributed by atoms with Crippen LogP contribution in [0.25, 0.3) is 0 Å². The molecule has 1 amide bonds. The van der Waals surface area contributed by atoms with Crippen molar-refractivity contribution in [3.05, 3.63) is 66.6 Å². The van der Waals surface area contributed by atoms with Crippen molar-refractivity contribution in [2.75, 3.05) is 12.4 Å². The number of hydrogen-bond donors (Lipinski definition) is 1. The molecule has 0 radical (unpaired) electrons. The number of ether oxygens (including phenoxy) is 1. The smallest absolute Gasteiger partial charge is 0.338 e. The van der Waals surface area contributed by atoms with E-state index in [1.807, 2.05) is 0 Å². The summed E-state index contributed by atoms with van der Waals surface area (Å²) in [6.07, 6.45) is 0. The van der Waals surface area contributed by atoms with Crippen LogP contribution in [0.3, 0.4) is 0 Å². The van der Waals surface area contributed by atoms with Gasteiger partial charge in [-0.2, -0.15) is 0 Å². The van der Waals surface area contributed by atoms with Crippen molar-refractivity contribution in [2.45, 2.75) is 0 Å². The molecule has 0 aromatic heterocycles. The fourth-order valence-corrected chi connectivity index (χ4v) is 2.49. The van der Waals surface area contributed by atoms with E-state index in [4.69, 9.17) is 34.8 Å². The zero-order valence-corrected chi connectivity index (χ0v) is 14.8. The summed E-state index contributed by atoms with van der Waals surface area (Å²) in [4.78, 5) is 34.3. The van der Waals surface area contributed by atoms with Crippen LogP contribution in [-0.2, 0) is 4.74 Å². The maximum atomic E-state index is 12.4. The molecule has 2 rings (SSSR count). The van der Waals surface area contributed by atoms with E-state index in [-0.39, 0.29) is 31.9 Å². The molecule has 0 heterocycles. The summed E-state index contributed by atoms with van der Waals surface area (Å²) < 4.78 is 4.53. The Bertz CT molecular complexity index is 886. The van der Waals surface area contributed by atoms with Crippen LogP contribution in [0.2, 0.25) is 15.1 Å². The minimum Gasteiger partial charge on any atom is -0.465 e. The third-order valence-electron chi connectivity index (χ3n) is 3.07. The predicted molar refractivity (Wildman–Crippen MR) is 93.9 cm³/mol. The number of halogens is 3. The van der Waals surface area contributed by atoms with Crippen LogP contribution in [0.5, 0.6) is 0 Å². The quantitative estimate of drug-likeness (QED) is 0.348. The maximum absolute atomic E-state index is 12.4. The summed E-state index contributed by atoms with van der Waals surface area (Å²) in [5.41, 5.74) is -0.542. The van der Waals surface area contributed by atoms with Gasteiger partial charge in [-0.25, -0.2) is 4.79 Å². The fourth-order valence-electron chi connectivity index (χ4n) is 1.90. The summed E-state index contributed by atoms with van der Waals surface area (Å²) in [6.45, 7) is 0. The van der Waals surface area contributed by atoms with Crippen LogP contribution in [0.15, 0.2) is 30.3 Å². The molecule has 130 valence electrons. The van der Waals surface area contributed by atoms with Gasteiger partial charge < -0.3 is 10.1 Å². The minimum absolute atomic E-state index is 0.126. The number of nitro benzene ring substituents is 1. The van der Waals surface area contributed by atoms with Gasteiger partial charge in [0.15, 0.2) is 0 Å². The molecule has 0 unspecified atom stereocenters. The van der Waals surface area contributed by atoms with Crippen molar-refractivity contribution in [3.63, 3.8) is 0 Å². The Kier molecular flexibility index (Phi) is 5.84. The van der Waals surface area contributed by atoms with Gasteiger partial charge in [0, 0.05) is 17.7 Å². The number of non-ortho nitro benzene ring substituents is 1. The van der Waals surface area contributed by atoms with Crippen LogP contribution < -0.4 is 5.32 Å². The number of esters is 1. The first-order valence-electron chi connectivity index (χ1n) is 6.56. The number of anilines is 1. The average molecular weight is 404 g/mol. The van der Waals surface area contributed by atoms with Crippen molar-refractivity contribution in [1.82, 2.24) is 0 Å². The molecule has 0 saturated carbocycles. The second-order valence-corrected chi connectivity index (χ2v) is 5.94. The number of hydrogen-bond acceptors (Lipinski definition) is 5. The largest absolute Gasteiger partial charge is 0.465 e. The molecule has 0 atom stereocenters. The third-order valence-corrected chi connectivity index (χ3v) is 4.10. The Labute approximate surface area is 156 Å². The number of carbonyl (C=O) groups excluding carboxylic acids is 2. The monoisotopic (exact) mass is 402 g/mol. The Morgan fingerprint density at radius 2 is 1.60 bits per heavy atom. The lowest BCUT2D eigenvalue weighted by Gasteiger charge is -2.09. The number of benzene rings is 2. The first kappa shape index (κ1) is 19.0. The highest BCUT2D eigenvalue weighted by Crippen LogP contribution is 2.32. The Hall–Kier alpha value is -2.35. The van der Waals surface area contributed by atoms with Gasteiger partial charge in [0.05, 0.1) is 38.4 Å². The van der Waals surface area contributed by atoms with Crippen molar-refractivity contribution >= 4 is 58.1 Å². The van der Waals surface area contributed by atoms with Crippen molar-refractivity contribution < 1.29 is 19.2 Å². The van der Waals surface area contributed by atoms with E-state index < -0.39 is 22.5 Å². The molecule has 0 bridgehead atoms. The van der Waals surface area contributed by atoms with E-state index in [0.717, 1.165) is 19.2 Å². The van der Waals surface area contributed by atoms with Crippen LogP contribution in [0.4, 0.5) is 11.4 Å². The molecule has 1 N–H and O–H groups in total. The van der Waals surface area contributed by atoms with E-state index in [9.17, 15) is 19.7 Å². The molecule has 0 fully saturated rings. The highest BCUT2D eigenvalue weighted by Gasteiger charge is 2.19. The Morgan fingerprint density at radius 3 is 2.20 bits per heavy atom. The second-order valence-electron chi connectivity index (χ2n) is 4.72. The van der Waals surface area contributed by atoms with Gasteiger partial charge in [-0.3, -0.25) is 14.9 Å². The molecule has 10 heteroatoms. The number of nitrogens with one attached hydrogen (secondary N) is 1. The van der Waals surface area contributed by atoms with Gasteiger partial charge in [0.25, 0.3) is 11.6 Å². The number of nitrogens with zero attached hydrogens (tertiary/aromatic N) is 1. The molecule has 0 saturated heterocycles. The first-order chi connectivity index (χ1) is 11.7. The molecule has 2 aromatic rings. The van der Waals surface area contributed by atoms with Crippen LogP contribution in [0.1, 0.15) is 20.7 Å². The SMILES string of the molecule is COC(=O)c1cc(C(=O)Nc2cc(Cl)c(Cl)cc2Cl)cc([N+](=O)[O-])c1. The van der Waals surface area contributed by atoms with E-state index in [1.165, 1.54) is 18.2 Å². The molecular formula is C15H9Cl3N2O5. The average Bonchev–Trinajstić information content (AvgIpc) is 2.58. The molecule has 7 nitrogen and oxygen atoms in total. The Morgan fingerprint density at radius 1 is 1.00 bits per heavy atom. The number of carbonyl (C=O) groups is 2. The summed E-state index contributed by atoms with van der Waals surface area (Å²) in [7, 11) is 1.12. The van der Waals surface area contributed by atoms with E-state index in [2.05, 4.69) is 10.1 Å². The summed E-state index contributed by atoms with van der Waals surface area (Å²) >= 11 is 17.7. The predicted octanol–water partition coefficient (Wildman–Crippen LogP) is 4.59. The van der Waals surface area contributed by atoms with Gasteiger partial charge >= 0.3 is 5.97 Å². The van der Waals surface area contributed by atoms with E-state index >= 15 is 0 Å². The number of rotatable bonds is 4. The maximum Gasteiger partial charge on any atom is 0.338 e. The number of nitro groups is 1. The lowest BCUT2D eigenvalue weighted by Crippen LogP contribution is -2.14. The molecule has 0 aliphatic carbocycles. The lowest BCUT2D eigenvalue weighted by atomic mass is 10.1. The molecule has 0 aliphatic heterocycles. The number of methoxy groups -OCH3 is 1.